The molecular formula is C58H88O6. The molecule has 0 aromatic carbocycles. The average molecular weight is 881 g/mol. The number of carbonyl (C=O) groups is 3. The van der Waals surface area contributed by atoms with Gasteiger partial charge in [-0.2, -0.15) is 0 Å². The van der Waals surface area contributed by atoms with E-state index < -0.39 is 6.10 Å². The van der Waals surface area contributed by atoms with E-state index in [1.54, 1.807) is 0 Å². The predicted molar refractivity (Wildman–Crippen MR) is 274 cm³/mol. The van der Waals surface area contributed by atoms with Crippen LogP contribution in [0.4, 0.5) is 0 Å². The summed E-state index contributed by atoms with van der Waals surface area (Å²) in [5.41, 5.74) is 0. The van der Waals surface area contributed by atoms with Gasteiger partial charge in [0, 0.05) is 19.3 Å². The molecule has 0 spiro atoms. The summed E-state index contributed by atoms with van der Waals surface area (Å²) in [6, 6.07) is 0. The fraction of sp³-hybridized carbons (Fsp3) is 0.534. The summed E-state index contributed by atoms with van der Waals surface area (Å²) >= 11 is 0. The highest BCUT2D eigenvalue weighted by Gasteiger charge is 2.19. The topological polar surface area (TPSA) is 78.9 Å². The van der Waals surface area contributed by atoms with Crippen LogP contribution in [0.25, 0.3) is 0 Å². The van der Waals surface area contributed by atoms with Crippen molar-refractivity contribution in [2.45, 2.75) is 187 Å². The molecule has 0 aliphatic rings. The van der Waals surface area contributed by atoms with E-state index >= 15 is 0 Å². The minimum Gasteiger partial charge on any atom is -0.462 e. The zero-order valence-corrected chi connectivity index (χ0v) is 40.5. The van der Waals surface area contributed by atoms with Gasteiger partial charge < -0.3 is 14.2 Å². The van der Waals surface area contributed by atoms with Crippen LogP contribution < -0.4 is 0 Å². The third-order valence-electron chi connectivity index (χ3n) is 9.84. The van der Waals surface area contributed by atoms with Crippen molar-refractivity contribution in [2.75, 3.05) is 13.2 Å². The lowest BCUT2D eigenvalue weighted by Gasteiger charge is -2.18. The van der Waals surface area contributed by atoms with Gasteiger partial charge in [0.2, 0.25) is 0 Å². The van der Waals surface area contributed by atoms with Gasteiger partial charge in [-0.05, 0) is 83.5 Å². The zero-order chi connectivity index (χ0) is 46.5. The largest absolute Gasteiger partial charge is 0.462 e. The van der Waals surface area contributed by atoms with E-state index in [9.17, 15) is 14.4 Å². The van der Waals surface area contributed by atoms with Crippen molar-refractivity contribution in [1.82, 2.24) is 0 Å². The molecule has 0 bridgehead atoms. The summed E-state index contributed by atoms with van der Waals surface area (Å²) in [6.07, 6.45) is 72.5. The monoisotopic (exact) mass is 881 g/mol. The van der Waals surface area contributed by atoms with Gasteiger partial charge in [-0.1, -0.05) is 224 Å². The fourth-order valence-corrected chi connectivity index (χ4v) is 6.12. The van der Waals surface area contributed by atoms with E-state index in [1.165, 1.54) is 44.9 Å². The van der Waals surface area contributed by atoms with Crippen molar-refractivity contribution >= 4 is 17.9 Å². The molecule has 0 fully saturated rings. The van der Waals surface area contributed by atoms with Gasteiger partial charge in [-0.15, -0.1) is 0 Å². The van der Waals surface area contributed by atoms with E-state index in [0.29, 0.717) is 19.3 Å². The molecule has 0 aromatic rings. The highest BCUT2D eigenvalue weighted by atomic mass is 16.6. The van der Waals surface area contributed by atoms with E-state index in [4.69, 9.17) is 14.2 Å². The summed E-state index contributed by atoms with van der Waals surface area (Å²) < 4.78 is 16.7. The minimum atomic E-state index is -0.835. The first-order valence-corrected chi connectivity index (χ1v) is 25.0. The Morgan fingerprint density at radius 2 is 0.609 bits per heavy atom. The molecule has 0 aliphatic heterocycles. The number of rotatable bonds is 42. The Hall–Kier alpha value is -4.71. The molecule has 0 aromatic heterocycles. The SMILES string of the molecule is CC\C=C/C=C\C=C/C=C\C=C/CCCCCC(=O)OCC(COC(=O)CCCCC/C=C\C=C/CCCCCCCCC)OC(=O)CCCCC\C=C/C=C\C=C/C=C\C=C/CC. The lowest BCUT2D eigenvalue weighted by molar-refractivity contribution is -0.167. The maximum Gasteiger partial charge on any atom is 0.306 e. The van der Waals surface area contributed by atoms with Crippen LogP contribution in [0.5, 0.6) is 0 Å². The maximum atomic E-state index is 12.8. The third kappa shape index (κ3) is 48.3. The highest BCUT2D eigenvalue weighted by Crippen LogP contribution is 2.12. The molecule has 64 heavy (non-hydrogen) atoms. The van der Waals surface area contributed by atoms with Crippen molar-refractivity contribution < 1.29 is 28.6 Å². The number of hydrogen-bond acceptors (Lipinski definition) is 6. The highest BCUT2D eigenvalue weighted by molar-refractivity contribution is 5.71. The normalized spacial score (nSPS) is 13.4. The van der Waals surface area contributed by atoms with Crippen molar-refractivity contribution in [3.63, 3.8) is 0 Å². The van der Waals surface area contributed by atoms with Crippen LogP contribution in [0.15, 0.2) is 146 Å². The number of unbranched alkanes of at least 4 members (excludes halogenated alkanes) is 16. The van der Waals surface area contributed by atoms with Crippen molar-refractivity contribution in [3.05, 3.63) is 146 Å². The van der Waals surface area contributed by atoms with Crippen LogP contribution >= 0.6 is 0 Å². The Morgan fingerprint density at radius 3 is 0.969 bits per heavy atom. The number of esters is 3. The molecule has 0 rings (SSSR count). The Labute approximate surface area is 391 Å². The minimum absolute atomic E-state index is 0.130. The van der Waals surface area contributed by atoms with Gasteiger partial charge >= 0.3 is 17.9 Å². The van der Waals surface area contributed by atoms with Gasteiger partial charge in [-0.25, -0.2) is 0 Å². The Kier molecular flexibility index (Phi) is 47.2. The van der Waals surface area contributed by atoms with Crippen LogP contribution in [-0.2, 0) is 28.6 Å². The Morgan fingerprint density at radius 1 is 0.328 bits per heavy atom. The Balaban J connectivity index is 4.63. The number of allylic oxidation sites excluding steroid dienone is 24. The first-order valence-electron chi connectivity index (χ1n) is 25.0. The zero-order valence-electron chi connectivity index (χ0n) is 40.5. The average Bonchev–Trinajstić information content (AvgIpc) is 3.29. The summed E-state index contributed by atoms with van der Waals surface area (Å²) in [5, 5.41) is 0. The van der Waals surface area contributed by atoms with Crippen LogP contribution in [-0.4, -0.2) is 37.2 Å². The summed E-state index contributed by atoms with van der Waals surface area (Å²) in [6.45, 7) is 6.22. The molecule has 6 heteroatoms. The molecule has 6 nitrogen and oxygen atoms in total. The van der Waals surface area contributed by atoms with Gasteiger partial charge in [0.1, 0.15) is 13.2 Å². The second kappa shape index (κ2) is 50.9. The van der Waals surface area contributed by atoms with Gasteiger partial charge in [0.25, 0.3) is 0 Å². The lowest BCUT2D eigenvalue weighted by Crippen LogP contribution is -2.30. The van der Waals surface area contributed by atoms with Crippen molar-refractivity contribution in [2.24, 2.45) is 0 Å². The molecule has 356 valence electrons. The molecule has 0 radical (unpaired) electrons. The van der Waals surface area contributed by atoms with Crippen molar-refractivity contribution in [3.8, 4) is 0 Å². The van der Waals surface area contributed by atoms with Gasteiger partial charge in [0.15, 0.2) is 6.10 Å². The molecule has 1 unspecified atom stereocenters. The maximum absolute atomic E-state index is 12.8. The Bertz CT molecular complexity index is 1480. The standard InChI is InChI=1S/C58H88O6/c1-4-7-10-13-16-19-22-25-28-31-33-36-39-42-45-48-51-57(60)63-54-55(64-58(61)52-49-46-43-40-37-34-30-27-24-21-18-15-12-9-6-3)53-62-56(59)50-47-44-41-38-35-32-29-26-23-20-17-14-11-8-5-2/h8-9,11-12,14-15,17-18,20-21,23-24,26-37,55H,4-7,10,13,16,19,22,25,38-54H2,1-3H3/b11-8-,12-9-,17-14-,18-15-,23-20-,24-21-,29-26-,30-27-,31-28-,35-32-,36-33-,37-34-. The molecular weight excluding hydrogens is 793 g/mol. The van der Waals surface area contributed by atoms with Crippen LogP contribution in [0.1, 0.15) is 181 Å². The number of carbonyl (C=O) groups excluding carboxylic acids is 3. The molecule has 0 amide bonds. The quantitative estimate of drug-likeness (QED) is 0.0263. The summed E-state index contributed by atoms with van der Waals surface area (Å²) in [7, 11) is 0. The second-order valence-electron chi connectivity index (χ2n) is 15.9. The fourth-order valence-electron chi connectivity index (χ4n) is 6.12. The number of ether oxygens (including phenoxy) is 3. The van der Waals surface area contributed by atoms with Crippen LogP contribution in [0.2, 0.25) is 0 Å². The van der Waals surface area contributed by atoms with Gasteiger partial charge in [-0.3, -0.25) is 14.4 Å². The number of hydrogen-bond donors (Lipinski definition) is 0. The smallest absolute Gasteiger partial charge is 0.306 e. The van der Waals surface area contributed by atoms with E-state index in [1.807, 2.05) is 97.2 Å². The third-order valence-corrected chi connectivity index (χ3v) is 9.84. The molecule has 0 aliphatic carbocycles. The lowest BCUT2D eigenvalue weighted by atomic mass is 10.1. The molecule has 0 saturated heterocycles. The van der Waals surface area contributed by atoms with E-state index in [-0.39, 0.29) is 44.0 Å². The summed E-state index contributed by atoms with van der Waals surface area (Å²) in [4.78, 5) is 37.9. The molecule has 0 heterocycles. The van der Waals surface area contributed by atoms with Crippen LogP contribution in [0, 0.1) is 0 Å². The van der Waals surface area contributed by atoms with E-state index in [2.05, 4.69) is 69.4 Å². The first kappa shape index (κ1) is 59.3. The predicted octanol–water partition coefficient (Wildman–Crippen LogP) is 16.5. The first-order chi connectivity index (χ1) is 31.5. The van der Waals surface area contributed by atoms with Crippen LogP contribution in [0.3, 0.4) is 0 Å². The summed E-state index contributed by atoms with van der Waals surface area (Å²) in [5.74, 6) is -1.05. The van der Waals surface area contributed by atoms with Gasteiger partial charge in [0.05, 0.1) is 0 Å². The molecule has 0 N–H and O–H groups in total. The van der Waals surface area contributed by atoms with Crippen molar-refractivity contribution in [1.29, 1.82) is 0 Å². The molecule has 1 atom stereocenters. The van der Waals surface area contributed by atoms with E-state index in [0.717, 1.165) is 83.5 Å². The molecule has 0 saturated carbocycles. The second-order valence-corrected chi connectivity index (χ2v) is 15.9.